The van der Waals surface area contributed by atoms with E-state index < -0.39 is 6.10 Å². The summed E-state index contributed by atoms with van der Waals surface area (Å²) in [5.74, 6) is 1.39. The van der Waals surface area contributed by atoms with Crippen molar-refractivity contribution in [1.29, 1.82) is 0 Å². The van der Waals surface area contributed by atoms with E-state index in [0.29, 0.717) is 12.2 Å². The Balaban J connectivity index is 0.00000280. The van der Waals surface area contributed by atoms with Crippen molar-refractivity contribution in [3.63, 3.8) is 0 Å². The first-order valence-electron chi connectivity index (χ1n) is 12.4. The molecule has 0 unspecified atom stereocenters. The molecular weight excluding hydrogens is 571 g/mol. The Kier molecular flexibility index (Phi) is 14.3. The summed E-state index contributed by atoms with van der Waals surface area (Å²) in [6.45, 7) is 1.42. The van der Waals surface area contributed by atoms with E-state index in [2.05, 4.69) is 20.9 Å². The van der Waals surface area contributed by atoms with Gasteiger partial charge in [-0.15, -0.1) is 36.2 Å². The molecule has 1 heterocycles. The van der Waals surface area contributed by atoms with E-state index in [-0.39, 0.29) is 43.7 Å². The van der Waals surface area contributed by atoms with Gasteiger partial charge in [-0.05, 0) is 54.9 Å². The molecule has 0 saturated carbocycles. The molecule has 4 aromatic rings. The second kappa shape index (κ2) is 17.4. The molecule has 0 bridgehead atoms. The normalized spacial score (nSPS) is 10.9. The van der Waals surface area contributed by atoms with Crippen molar-refractivity contribution >= 4 is 58.6 Å². The summed E-state index contributed by atoms with van der Waals surface area (Å²) in [5.41, 5.74) is 3.46. The zero-order valence-corrected chi connectivity index (χ0v) is 24.5. The van der Waals surface area contributed by atoms with E-state index in [1.54, 1.807) is 7.11 Å². The number of thiazole rings is 1. The summed E-state index contributed by atoms with van der Waals surface area (Å²) >= 11 is 1.45. The molecule has 1 atom stereocenters. The zero-order chi connectivity index (χ0) is 26.6. The van der Waals surface area contributed by atoms with E-state index >= 15 is 0 Å². The Hall–Kier alpha value is -3.34. The second-order valence-corrected chi connectivity index (χ2v) is 9.51. The fraction of sp³-hybridized carbons (Fsp3) is 0.241. The molecule has 0 spiro atoms. The molecule has 11 heteroatoms. The number of hydrogen-bond donors (Lipinski definition) is 4. The van der Waals surface area contributed by atoms with Crippen molar-refractivity contribution in [3.05, 3.63) is 95.5 Å². The van der Waals surface area contributed by atoms with Crippen LogP contribution < -0.4 is 25.4 Å². The fourth-order valence-electron chi connectivity index (χ4n) is 3.66. The smallest absolute Gasteiger partial charge is 0.230 e. The first-order valence-corrected chi connectivity index (χ1v) is 13.3. The molecule has 0 aliphatic carbocycles. The van der Waals surface area contributed by atoms with E-state index in [1.165, 1.54) is 11.3 Å². The number of halogens is 2. The number of benzene rings is 3. The zero-order valence-electron chi connectivity index (χ0n) is 22.0. The highest BCUT2D eigenvalue weighted by atomic mass is 35.5. The largest absolute Gasteiger partial charge is 0.497 e. The van der Waals surface area contributed by atoms with Gasteiger partial charge in [-0.2, -0.15) is 0 Å². The number of aliphatic hydroxyl groups excluding tert-OH is 1. The lowest BCUT2D eigenvalue weighted by Crippen LogP contribution is -2.32. The van der Waals surface area contributed by atoms with Crippen LogP contribution in [0.1, 0.15) is 11.3 Å². The maximum atomic E-state index is 12.5. The molecule has 1 aromatic heterocycles. The highest BCUT2D eigenvalue weighted by Crippen LogP contribution is 2.24. The Labute approximate surface area is 251 Å². The van der Waals surface area contributed by atoms with Crippen LogP contribution >= 0.6 is 36.2 Å². The number of aromatic nitrogens is 1. The molecular formula is C29H34Cl2N4O4S. The first kappa shape index (κ1) is 32.9. The lowest BCUT2D eigenvalue weighted by molar-refractivity contribution is -0.115. The van der Waals surface area contributed by atoms with Crippen LogP contribution in [0.25, 0.3) is 0 Å². The predicted octanol–water partition coefficient (Wildman–Crippen LogP) is 5.49. The van der Waals surface area contributed by atoms with Gasteiger partial charge in [0.25, 0.3) is 0 Å². The molecule has 4 rings (SSSR count). The molecule has 3 aromatic carbocycles. The van der Waals surface area contributed by atoms with Crippen molar-refractivity contribution in [2.75, 3.05) is 37.4 Å². The third kappa shape index (κ3) is 11.0. The van der Waals surface area contributed by atoms with Gasteiger partial charge in [0.1, 0.15) is 24.2 Å². The van der Waals surface area contributed by atoms with Gasteiger partial charge in [0.15, 0.2) is 5.13 Å². The molecule has 0 aliphatic heterocycles. The van der Waals surface area contributed by atoms with Crippen LogP contribution in [0.2, 0.25) is 0 Å². The number of para-hydroxylation sites is 1. The first-order chi connectivity index (χ1) is 18.6. The quantitative estimate of drug-likeness (QED) is 0.141. The maximum Gasteiger partial charge on any atom is 0.230 e. The van der Waals surface area contributed by atoms with Crippen LogP contribution in [0, 0.1) is 0 Å². The van der Waals surface area contributed by atoms with Gasteiger partial charge < -0.3 is 30.5 Å². The number of amides is 1. The number of methoxy groups -OCH3 is 1. The number of aliphatic hydroxyl groups is 1. The van der Waals surface area contributed by atoms with Crippen molar-refractivity contribution in [2.45, 2.75) is 18.9 Å². The summed E-state index contributed by atoms with van der Waals surface area (Å²) < 4.78 is 10.8. The van der Waals surface area contributed by atoms with Crippen molar-refractivity contribution in [1.82, 2.24) is 10.3 Å². The highest BCUT2D eigenvalue weighted by Gasteiger charge is 2.09. The van der Waals surface area contributed by atoms with Gasteiger partial charge in [0.05, 0.1) is 19.2 Å². The summed E-state index contributed by atoms with van der Waals surface area (Å²) in [7, 11) is 1.63. The number of anilines is 3. The number of nitrogens with one attached hydrogen (secondary N) is 3. The maximum absolute atomic E-state index is 12.5. The predicted molar refractivity (Wildman–Crippen MR) is 166 cm³/mol. The molecule has 0 saturated heterocycles. The number of carbonyl (C=O) groups is 1. The minimum Gasteiger partial charge on any atom is -0.497 e. The van der Waals surface area contributed by atoms with Gasteiger partial charge >= 0.3 is 0 Å². The number of nitrogens with zero attached hydrogens (tertiary/aromatic N) is 1. The van der Waals surface area contributed by atoms with Crippen molar-refractivity contribution in [3.8, 4) is 11.5 Å². The van der Waals surface area contributed by atoms with Gasteiger partial charge in [-0.3, -0.25) is 4.79 Å². The Morgan fingerprint density at radius 2 is 1.73 bits per heavy atom. The topological polar surface area (TPSA) is 105 Å². The van der Waals surface area contributed by atoms with E-state index in [4.69, 9.17) is 9.47 Å². The summed E-state index contributed by atoms with van der Waals surface area (Å²) in [4.78, 5) is 17.0. The summed E-state index contributed by atoms with van der Waals surface area (Å²) in [6.07, 6.45) is 0.417. The molecule has 0 fully saturated rings. The van der Waals surface area contributed by atoms with Crippen LogP contribution in [0.4, 0.5) is 16.5 Å². The van der Waals surface area contributed by atoms with E-state index in [9.17, 15) is 9.90 Å². The monoisotopic (exact) mass is 604 g/mol. The third-order valence-corrected chi connectivity index (χ3v) is 6.41. The van der Waals surface area contributed by atoms with Crippen LogP contribution in [0.5, 0.6) is 11.5 Å². The molecule has 0 radical (unpaired) electrons. The number of rotatable bonds is 14. The molecule has 4 N–H and O–H groups in total. The number of carbonyl (C=O) groups excluding carboxylic acids is 1. The lowest BCUT2D eigenvalue weighted by Gasteiger charge is -2.13. The van der Waals surface area contributed by atoms with Crippen LogP contribution in [0.15, 0.2) is 84.2 Å². The van der Waals surface area contributed by atoms with Gasteiger partial charge in [0, 0.05) is 29.4 Å². The Bertz CT molecular complexity index is 1290. The minimum absolute atomic E-state index is 0. The Morgan fingerprint density at radius 1 is 0.975 bits per heavy atom. The fourth-order valence-corrected chi connectivity index (χ4v) is 4.39. The molecule has 214 valence electrons. The van der Waals surface area contributed by atoms with Crippen LogP contribution in [-0.2, 0) is 17.6 Å². The molecule has 1 amide bonds. The molecule has 40 heavy (non-hydrogen) atoms. The lowest BCUT2D eigenvalue weighted by atomic mass is 10.1. The Morgan fingerprint density at radius 3 is 2.48 bits per heavy atom. The van der Waals surface area contributed by atoms with Crippen LogP contribution in [-0.4, -0.2) is 48.9 Å². The van der Waals surface area contributed by atoms with Crippen molar-refractivity contribution in [2.24, 2.45) is 0 Å². The number of hydrogen-bond acceptors (Lipinski definition) is 8. The minimum atomic E-state index is -0.584. The van der Waals surface area contributed by atoms with Crippen LogP contribution in [0.3, 0.4) is 0 Å². The van der Waals surface area contributed by atoms with Gasteiger partial charge in [-0.25, -0.2) is 4.98 Å². The van der Waals surface area contributed by atoms with Gasteiger partial charge in [-0.1, -0.05) is 36.4 Å². The number of ether oxygens (including phenoxy) is 2. The standard InChI is InChI=1S/C29H32N4O4S.2ClH/c1-36-27-9-5-6-23(16-27)32-29-33-24(20-38-29)17-28(35)31-22-12-10-21(11-13-22)14-15-30-18-25(34)19-37-26-7-3-2-4-8-26;;/h2-13,16,20,25,30,34H,14-15,17-19H2,1H3,(H,31,35)(H,32,33);2*1H/t25-;;/m0../s1. The van der Waals surface area contributed by atoms with Crippen molar-refractivity contribution < 1.29 is 19.4 Å². The van der Waals surface area contributed by atoms with E-state index in [1.807, 2.05) is 84.2 Å². The summed E-state index contributed by atoms with van der Waals surface area (Å²) in [5, 5.41) is 22.1. The average Bonchev–Trinajstić information content (AvgIpc) is 3.37. The van der Waals surface area contributed by atoms with E-state index in [0.717, 1.165) is 46.5 Å². The van der Waals surface area contributed by atoms with Gasteiger partial charge in [0.2, 0.25) is 5.91 Å². The average molecular weight is 606 g/mol. The third-order valence-electron chi connectivity index (χ3n) is 5.61. The highest BCUT2D eigenvalue weighted by molar-refractivity contribution is 7.13. The SMILES string of the molecule is COc1cccc(Nc2nc(CC(=O)Nc3ccc(CCNC[C@H](O)COc4ccccc4)cc3)cs2)c1.Cl.Cl. The second-order valence-electron chi connectivity index (χ2n) is 8.65. The summed E-state index contributed by atoms with van der Waals surface area (Å²) in [6, 6.07) is 24.8. The molecule has 0 aliphatic rings. The molecule has 8 nitrogen and oxygen atoms in total.